The number of rotatable bonds is 8. The Bertz CT molecular complexity index is 1300. The number of amides is 1. The summed E-state index contributed by atoms with van der Waals surface area (Å²) in [5.74, 6) is 1.61. The molecule has 1 amide bonds. The van der Waals surface area contributed by atoms with Gasteiger partial charge in [0.1, 0.15) is 0 Å². The second-order valence-electron chi connectivity index (χ2n) is 8.40. The highest BCUT2D eigenvalue weighted by Crippen LogP contribution is 2.36. The van der Waals surface area contributed by atoms with Crippen molar-refractivity contribution < 1.29 is 14.3 Å². The van der Waals surface area contributed by atoms with E-state index in [1.807, 2.05) is 75.4 Å². The molecule has 0 fully saturated rings. The van der Waals surface area contributed by atoms with Gasteiger partial charge in [-0.15, -0.1) is 0 Å². The molecule has 35 heavy (non-hydrogen) atoms. The summed E-state index contributed by atoms with van der Waals surface area (Å²) in [5.41, 5.74) is 3.01. The van der Waals surface area contributed by atoms with Gasteiger partial charge in [0.25, 0.3) is 5.91 Å². The molecule has 1 aromatic heterocycles. The Hall–Kier alpha value is -3.77. The first-order chi connectivity index (χ1) is 16.9. The predicted molar refractivity (Wildman–Crippen MR) is 138 cm³/mol. The Balaban J connectivity index is 1.79. The van der Waals surface area contributed by atoms with E-state index in [9.17, 15) is 4.79 Å². The molecular weight excluding hydrogens is 462 g/mol. The Morgan fingerprint density at radius 2 is 1.60 bits per heavy atom. The fourth-order valence-corrected chi connectivity index (χ4v) is 3.92. The number of carbonyl (C=O) groups is 1. The van der Waals surface area contributed by atoms with E-state index in [1.54, 1.807) is 41.0 Å². The Kier molecular flexibility index (Phi) is 7.42. The molecular formula is C28H28ClN3O3. The summed E-state index contributed by atoms with van der Waals surface area (Å²) in [6.45, 7) is 6.23. The van der Waals surface area contributed by atoms with E-state index in [-0.39, 0.29) is 11.9 Å². The molecule has 0 saturated heterocycles. The highest BCUT2D eigenvalue weighted by atomic mass is 35.5. The number of aryl methyl sites for hydroxylation is 1. The smallest absolute Gasteiger partial charge is 0.254 e. The number of carbonyl (C=O) groups excluding carboxylic acids is 1. The number of halogens is 1. The number of hydrogen-bond donors (Lipinski definition) is 0. The van der Waals surface area contributed by atoms with E-state index in [0.717, 1.165) is 16.9 Å². The highest BCUT2D eigenvalue weighted by Gasteiger charge is 2.26. The first-order valence-corrected chi connectivity index (χ1v) is 11.8. The van der Waals surface area contributed by atoms with E-state index in [0.29, 0.717) is 34.5 Å². The van der Waals surface area contributed by atoms with Crippen LogP contribution in [0, 0.1) is 6.92 Å². The van der Waals surface area contributed by atoms with Crippen LogP contribution in [0.25, 0.3) is 5.69 Å². The predicted octanol–water partition coefficient (Wildman–Crippen LogP) is 6.69. The normalized spacial score (nSPS) is 10.9. The van der Waals surface area contributed by atoms with Crippen molar-refractivity contribution in [3.8, 4) is 23.1 Å². The van der Waals surface area contributed by atoms with Crippen molar-refractivity contribution in [1.29, 1.82) is 0 Å². The van der Waals surface area contributed by atoms with Crippen molar-refractivity contribution in [2.45, 2.75) is 33.4 Å². The molecule has 1 heterocycles. The van der Waals surface area contributed by atoms with Crippen LogP contribution in [0.1, 0.15) is 35.5 Å². The zero-order valence-electron chi connectivity index (χ0n) is 20.2. The summed E-state index contributed by atoms with van der Waals surface area (Å²) in [7, 11) is 1.61. The lowest BCUT2D eigenvalue weighted by Crippen LogP contribution is -2.36. The molecule has 0 unspecified atom stereocenters. The molecule has 0 spiro atoms. The number of aromatic nitrogens is 2. The largest absolute Gasteiger partial charge is 0.493 e. The van der Waals surface area contributed by atoms with Crippen LogP contribution >= 0.6 is 11.6 Å². The minimum atomic E-state index is -0.0910. The summed E-state index contributed by atoms with van der Waals surface area (Å²) < 4.78 is 13.7. The monoisotopic (exact) mass is 489 g/mol. The van der Waals surface area contributed by atoms with Crippen molar-refractivity contribution >= 4 is 17.5 Å². The summed E-state index contributed by atoms with van der Waals surface area (Å²) in [6, 6.07) is 24.1. The quantitative estimate of drug-likeness (QED) is 0.277. The van der Waals surface area contributed by atoms with Crippen LogP contribution in [0.5, 0.6) is 17.4 Å². The van der Waals surface area contributed by atoms with Gasteiger partial charge in [-0.1, -0.05) is 41.9 Å². The summed E-state index contributed by atoms with van der Waals surface area (Å²) in [4.78, 5) is 15.3. The third kappa shape index (κ3) is 5.33. The molecule has 180 valence electrons. The van der Waals surface area contributed by atoms with Gasteiger partial charge in [0.15, 0.2) is 11.5 Å². The highest BCUT2D eigenvalue weighted by molar-refractivity contribution is 6.30. The van der Waals surface area contributed by atoms with E-state index >= 15 is 0 Å². The van der Waals surface area contributed by atoms with E-state index in [1.165, 1.54) is 0 Å². The molecule has 0 bridgehead atoms. The maximum Gasteiger partial charge on any atom is 0.254 e. The maximum absolute atomic E-state index is 13.5. The third-order valence-electron chi connectivity index (χ3n) is 5.72. The molecule has 0 radical (unpaired) electrons. The van der Waals surface area contributed by atoms with Crippen LogP contribution in [0.15, 0.2) is 78.9 Å². The van der Waals surface area contributed by atoms with Gasteiger partial charge in [0, 0.05) is 16.6 Å². The van der Waals surface area contributed by atoms with Gasteiger partial charge in [0.05, 0.1) is 30.6 Å². The molecule has 0 aliphatic rings. The Labute approximate surface area is 210 Å². The van der Waals surface area contributed by atoms with Crippen LogP contribution in [-0.2, 0) is 6.54 Å². The molecule has 6 nitrogen and oxygen atoms in total. The Morgan fingerprint density at radius 1 is 0.971 bits per heavy atom. The van der Waals surface area contributed by atoms with Crippen molar-refractivity contribution in [1.82, 2.24) is 14.7 Å². The number of nitrogens with zero attached hydrogens (tertiary/aromatic N) is 3. The molecule has 4 aromatic rings. The van der Waals surface area contributed by atoms with E-state index in [4.69, 9.17) is 26.2 Å². The average Bonchev–Trinajstić information content (AvgIpc) is 3.17. The lowest BCUT2D eigenvalue weighted by Gasteiger charge is -2.27. The Morgan fingerprint density at radius 3 is 2.23 bits per heavy atom. The first kappa shape index (κ1) is 24.4. The van der Waals surface area contributed by atoms with Crippen LogP contribution in [0.3, 0.4) is 0 Å². The minimum Gasteiger partial charge on any atom is -0.493 e. The van der Waals surface area contributed by atoms with Gasteiger partial charge in [-0.3, -0.25) is 4.79 Å². The van der Waals surface area contributed by atoms with Crippen LogP contribution in [0.2, 0.25) is 5.02 Å². The SMILES string of the molecule is COc1ccccc1Oc1c(CN(C(=O)c2ccc(Cl)cc2)C(C)C)c(C)nn1-c1ccccc1. The van der Waals surface area contributed by atoms with Crippen molar-refractivity contribution in [2.24, 2.45) is 0 Å². The maximum atomic E-state index is 13.5. The molecule has 0 atom stereocenters. The van der Waals surface area contributed by atoms with E-state index < -0.39 is 0 Å². The summed E-state index contributed by atoms with van der Waals surface area (Å²) >= 11 is 6.03. The summed E-state index contributed by atoms with van der Waals surface area (Å²) in [5, 5.41) is 5.37. The van der Waals surface area contributed by atoms with Crippen LogP contribution < -0.4 is 9.47 Å². The molecule has 4 rings (SSSR count). The van der Waals surface area contributed by atoms with Gasteiger partial charge in [-0.05, 0) is 69.3 Å². The van der Waals surface area contributed by atoms with Gasteiger partial charge >= 0.3 is 0 Å². The van der Waals surface area contributed by atoms with Gasteiger partial charge in [-0.25, -0.2) is 4.68 Å². The van der Waals surface area contributed by atoms with E-state index in [2.05, 4.69) is 0 Å². The molecule has 0 saturated carbocycles. The van der Waals surface area contributed by atoms with Crippen molar-refractivity contribution in [3.05, 3.63) is 101 Å². The molecule has 0 aliphatic carbocycles. The third-order valence-corrected chi connectivity index (χ3v) is 5.97. The fourth-order valence-electron chi connectivity index (χ4n) is 3.79. The average molecular weight is 490 g/mol. The van der Waals surface area contributed by atoms with Crippen LogP contribution in [0.4, 0.5) is 0 Å². The van der Waals surface area contributed by atoms with Crippen molar-refractivity contribution in [2.75, 3.05) is 7.11 Å². The fraction of sp³-hybridized carbons (Fsp3) is 0.214. The lowest BCUT2D eigenvalue weighted by atomic mass is 10.1. The molecule has 0 N–H and O–H groups in total. The molecule has 3 aromatic carbocycles. The number of ether oxygens (including phenoxy) is 2. The topological polar surface area (TPSA) is 56.6 Å². The van der Waals surface area contributed by atoms with Gasteiger partial charge < -0.3 is 14.4 Å². The second kappa shape index (κ2) is 10.7. The molecule has 0 aliphatic heterocycles. The first-order valence-electron chi connectivity index (χ1n) is 11.4. The number of methoxy groups -OCH3 is 1. The lowest BCUT2D eigenvalue weighted by molar-refractivity contribution is 0.0689. The zero-order valence-corrected chi connectivity index (χ0v) is 21.0. The zero-order chi connectivity index (χ0) is 24.9. The van der Waals surface area contributed by atoms with Gasteiger partial charge in [0.2, 0.25) is 5.88 Å². The molecule has 7 heteroatoms. The number of para-hydroxylation sites is 3. The van der Waals surface area contributed by atoms with Gasteiger partial charge in [-0.2, -0.15) is 5.10 Å². The summed E-state index contributed by atoms with van der Waals surface area (Å²) in [6.07, 6.45) is 0. The van der Waals surface area contributed by atoms with Crippen LogP contribution in [-0.4, -0.2) is 33.7 Å². The minimum absolute atomic E-state index is 0.0586. The number of hydrogen-bond acceptors (Lipinski definition) is 4. The standard InChI is InChI=1S/C28H28ClN3O3/c1-19(2)31(27(33)21-14-16-22(29)17-15-21)18-24-20(3)30-32(23-10-6-5-7-11-23)28(24)35-26-13-9-8-12-25(26)34-4/h5-17,19H,18H2,1-4H3. The number of benzene rings is 3. The second-order valence-corrected chi connectivity index (χ2v) is 8.84. The van der Waals surface area contributed by atoms with Crippen molar-refractivity contribution in [3.63, 3.8) is 0 Å².